The zero-order valence-corrected chi connectivity index (χ0v) is 16.2. The third-order valence-corrected chi connectivity index (χ3v) is 5.62. The number of aliphatic hydroxyl groups is 3. The molecule has 9 nitrogen and oxygen atoms in total. The van der Waals surface area contributed by atoms with Crippen LogP contribution in [-0.4, -0.2) is 60.7 Å². The van der Waals surface area contributed by atoms with Gasteiger partial charge in [-0.2, -0.15) is 0 Å². The van der Waals surface area contributed by atoms with Gasteiger partial charge >= 0.3 is 0 Å². The summed E-state index contributed by atoms with van der Waals surface area (Å²) < 4.78 is 7.20. The second-order valence-corrected chi connectivity index (χ2v) is 7.86. The maximum absolute atomic E-state index is 12.6. The highest BCUT2D eigenvalue weighted by molar-refractivity contribution is 8.13. The van der Waals surface area contributed by atoms with Gasteiger partial charge < -0.3 is 29.9 Å². The lowest BCUT2D eigenvalue weighted by Gasteiger charge is -2.28. The van der Waals surface area contributed by atoms with Crippen molar-refractivity contribution in [2.75, 3.05) is 18.2 Å². The van der Waals surface area contributed by atoms with E-state index < -0.39 is 30.6 Å². The van der Waals surface area contributed by atoms with E-state index >= 15 is 0 Å². The Balaban J connectivity index is 2.01. The molecule has 0 bridgehead atoms. The zero-order chi connectivity index (χ0) is 19.5. The summed E-state index contributed by atoms with van der Waals surface area (Å²) in [6.07, 6.45) is 0.0349. The number of ether oxygens (including phenoxy) is 1. The lowest BCUT2D eigenvalue weighted by atomic mass is 9.96. The number of nitrogens with one attached hydrogen (secondary N) is 1. The van der Waals surface area contributed by atoms with Gasteiger partial charge in [0.15, 0.2) is 16.8 Å². The SMILES string of the molecule is CSC1=Nc2c3c(nc(S)cc(=O)c3cn2C2O[C@H](CO)[C@@H](O)C2(C)O)N1. The molecule has 4 rings (SSSR count). The van der Waals surface area contributed by atoms with Crippen LogP contribution in [0, 0.1) is 0 Å². The molecule has 0 amide bonds. The van der Waals surface area contributed by atoms with Crippen LogP contribution in [-0.2, 0) is 4.74 Å². The molecule has 0 aliphatic carbocycles. The third kappa shape index (κ3) is 2.77. The van der Waals surface area contributed by atoms with E-state index in [4.69, 9.17) is 4.74 Å². The Bertz CT molecular complexity index is 1020. The van der Waals surface area contributed by atoms with Gasteiger partial charge in [-0.25, -0.2) is 9.98 Å². The fourth-order valence-electron chi connectivity index (χ4n) is 3.43. The molecule has 11 heteroatoms. The van der Waals surface area contributed by atoms with Gasteiger partial charge in [-0.1, -0.05) is 11.8 Å². The van der Waals surface area contributed by atoms with E-state index in [1.807, 2.05) is 6.26 Å². The number of thiol groups is 1. The molecule has 1 fully saturated rings. The molecule has 2 aliphatic heterocycles. The molecule has 4 N–H and O–H groups in total. The van der Waals surface area contributed by atoms with Crippen LogP contribution in [0.2, 0.25) is 0 Å². The Morgan fingerprint density at radius 3 is 2.89 bits per heavy atom. The molecular formula is C16H18N4O5S2. The molecule has 0 saturated carbocycles. The molecule has 2 aromatic rings. The van der Waals surface area contributed by atoms with Gasteiger partial charge in [0, 0.05) is 12.3 Å². The summed E-state index contributed by atoms with van der Waals surface area (Å²) in [7, 11) is 0. The highest BCUT2D eigenvalue weighted by atomic mass is 32.2. The number of aromatic nitrogens is 2. The van der Waals surface area contributed by atoms with Crippen LogP contribution in [0.5, 0.6) is 0 Å². The normalized spacial score (nSPS) is 29.7. The number of rotatable bonds is 2. The lowest BCUT2D eigenvalue weighted by Crippen LogP contribution is -2.44. The fourth-order valence-corrected chi connectivity index (χ4v) is 4.02. The number of hydrogen-bond donors (Lipinski definition) is 5. The summed E-state index contributed by atoms with van der Waals surface area (Å²) in [6.45, 7) is 0.959. The number of anilines is 1. The molecule has 2 unspecified atom stereocenters. The van der Waals surface area contributed by atoms with Crippen LogP contribution in [0.15, 0.2) is 27.1 Å². The van der Waals surface area contributed by atoms with Crippen LogP contribution in [0.25, 0.3) is 10.8 Å². The average molecular weight is 410 g/mol. The van der Waals surface area contributed by atoms with E-state index in [-0.39, 0.29) is 10.5 Å². The zero-order valence-electron chi connectivity index (χ0n) is 14.4. The van der Waals surface area contributed by atoms with E-state index in [0.29, 0.717) is 27.6 Å². The number of amidine groups is 1. The second-order valence-electron chi connectivity index (χ2n) is 6.60. The van der Waals surface area contributed by atoms with Crippen molar-refractivity contribution < 1.29 is 20.1 Å². The minimum Gasteiger partial charge on any atom is -0.394 e. The highest BCUT2D eigenvalue weighted by Gasteiger charge is 2.53. The van der Waals surface area contributed by atoms with Crippen molar-refractivity contribution in [3.63, 3.8) is 0 Å². The Labute approximate surface area is 163 Å². The van der Waals surface area contributed by atoms with Gasteiger partial charge in [-0.3, -0.25) is 4.79 Å². The topological polar surface area (TPSA) is 129 Å². The molecule has 2 aromatic heterocycles. The molecular weight excluding hydrogens is 392 g/mol. The van der Waals surface area contributed by atoms with Crippen LogP contribution < -0.4 is 10.7 Å². The molecule has 1 saturated heterocycles. The van der Waals surface area contributed by atoms with Crippen molar-refractivity contribution in [2.45, 2.75) is 36.0 Å². The summed E-state index contributed by atoms with van der Waals surface area (Å²) >= 11 is 5.56. The first-order valence-electron chi connectivity index (χ1n) is 8.13. The largest absolute Gasteiger partial charge is 0.394 e. The maximum Gasteiger partial charge on any atom is 0.190 e. The Kier molecular flexibility index (Phi) is 4.48. The number of nitrogens with zero attached hydrogens (tertiary/aromatic N) is 3. The minimum absolute atomic E-state index is 0.262. The number of aliphatic hydroxyl groups excluding tert-OH is 2. The molecule has 27 heavy (non-hydrogen) atoms. The molecule has 4 atom stereocenters. The summed E-state index contributed by atoms with van der Waals surface area (Å²) in [4.78, 5) is 21.4. The van der Waals surface area contributed by atoms with E-state index in [2.05, 4.69) is 27.9 Å². The van der Waals surface area contributed by atoms with Gasteiger partial charge in [-0.15, -0.1) is 12.6 Å². The van der Waals surface area contributed by atoms with Crippen molar-refractivity contribution in [2.24, 2.45) is 4.99 Å². The lowest BCUT2D eigenvalue weighted by molar-refractivity contribution is -0.0955. The molecule has 0 spiro atoms. The van der Waals surface area contributed by atoms with Crippen molar-refractivity contribution in [3.8, 4) is 0 Å². The van der Waals surface area contributed by atoms with Crippen LogP contribution in [0.4, 0.5) is 11.6 Å². The van der Waals surface area contributed by atoms with Crippen molar-refractivity contribution in [3.05, 3.63) is 22.5 Å². The van der Waals surface area contributed by atoms with Gasteiger partial charge in [0.1, 0.15) is 29.4 Å². The monoisotopic (exact) mass is 410 g/mol. The molecule has 0 aromatic carbocycles. The van der Waals surface area contributed by atoms with Crippen molar-refractivity contribution in [1.29, 1.82) is 0 Å². The van der Waals surface area contributed by atoms with E-state index in [9.17, 15) is 20.1 Å². The number of thioether (sulfide) groups is 1. The smallest absolute Gasteiger partial charge is 0.190 e. The molecule has 2 aliphatic rings. The third-order valence-electron chi connectivity index (χ3n) is 4.81. The summed E-state index contributed by atoms with van der Waals surface area (Å²) in [5.41, 5.74) is -2.01. The van der Waals surface area contributed by atoms with Gasteiger partial charge in [0.25, 0.3) is 0 Å². The average Bonchev–Trinajstić information content (AvgIpc) is 3.06. The van der Waals surface area contributed by atoms with Crippen molar-refractivity contribution >= 4 is 52.0 Å². The first-order valence-corrected chi connectivity index (χ1v) is 9.80. The summed E-state index contributed by atoms with van der Waals surface area (Å²) in [6, 6.07) is 1.30. The summed E-state index contributed by atoms with van der Waals surface area (Å²) in [5, 5.41) is 35.2. The standard InChI is InChI=1S/C16H18N4O5S2/c1-16(24)11(23)8(5-21)25-14(16)20-4-6-7(22)3-9(26)17-12-10(6)13(20)19-15(18-12)27-2/h3-4,8,11,14,21,23-24,26H,5H2,1-2H3,(H,17,18,19)/t8-,11-,14?,16?/m1/s1. The molecule has 4 heterocycles. The Morgan fingerprint density at radius 2 is 2.26 bits per heavy atom. The van der Waals surface area contributed by atoms with Gasteiger partial charge in [0.05, 0.1) is 22.4 Å². The first kappa shape index (κ1) is 18.7. The van der Waals surface area contributed by atoms with E-state index in [1.165, 1.54) is 35.5 Å². The number of aliphatic imine (C=N–C) groups is 1. The number of hydrogen-bond acceptors (Lipinski definition) is 10. The second kappa shape index (κ2) is 6.47. The Hall–Kier alpha value is -1.63. The van der Waals surface area contributed by atoms with Gasteiger partial charge in [-0.05, 0) is 13.2 Å². The van der Waals surface area contributed by atoms with Crippen LogP contribution in [0.3, 0.4) is 0 Å². The van der Waals surface area contributed by atoms with Crippen LogP contribution in [0.1, 0.15) is 13.2 Å². The van der Waals surface area contributed by atoms with Crippen LogP contribution >= 0.6 is 24.4 Å². The van der Waals surface area contributed by atoms with E-state index in [1.54, 1.807) is 0 Å². The van der Waals surface area contributed by atoms with Crippen molar-refractivity contribution in [1.82, 2.24) is 9.55 Å². The summed E-state index contributed by atoms with van der Waals surface area (Å²) in [5.74, 6) is 0.787. The minimum atomic E-state index is -1.70. The predicted octanol–water partition coefficient (Wildman–Crippen LogP) is 0.463. The maximum atomic E-state index is 12.6. The predicted molar refractivity (Wildman–Crippen MR) is 105 cm³/mol. The fraction of sp³-hybridized carbons (Fsp3) is 0.438. The van der Waals surface area contributed by atoms with Gasteiger partial charge in [0.2, 0.25) is 0 Å². The molecule has 144 valence electrons. The molecule has 0 radical (unpaired) electrons. The quantitative estimate of drug-likeness (QED) is 0.452. The van der Waals surface area contributed by atoms with E-state index in [0.717, 1.165) is 0 Å². The highest BCUT2D eigenvalue weighted by Crippen LogP contribution is 2.44. The Morgan fingerprint density at radius 1 is 1.52 bits per heavy atom. The first-order chi connectivity index (χ1) is 12.8.